The minimum Gasteiger partial charge on any atom is -0.492 e. The van der Waals surface area contributed by atoms with Gasteiger partial charge in [0.2, 0.25) is 0 Å². The maximum absolute atomic E-state index is 6.34. The summed E-state index contributed by atoms with van der Waals surface area (Å²) in [6.07, 6.45) is 9.84. The SMILES string of the molecule is COCOc1ccc(C2(C)COc3cc(OCOC)ccc3C2CCCCCCCCCN)cc1. The Labute approximate surface area is 211 Å². The van der Waals surface area contributed by atoms with Crippen molar-refractivity contribution < 1.29 is 23.7 Å². The van der Waals surface area contributed by atoms with Crippen LogP contribution in [-0.4, -0.2) is 41.0 Å². The Bertz CT molecular complexity index is 872. The van der Waals surface area contributed by atoms with Crippen molar-refractivity contribution in [2.75, 3.05) is 41.0 Å². The first-order chi connectivity index (χ1) is 17.1. The summed E-state index contributed by atoms with van der Waals surface area (Å²) in [4.78, 5) is 0. The minimum absolute atomic E-state index is 0.136. The van der Waals surface area contributed by atoms with Crippen molar-refractivity contribution in [1.82, 2.24) is 0 Å². The number of benzene rings is 2. The summed E-state index contributed by atoms with van der Waals surface area (Å²) in [5.41, 5.74) is 7.99. The highest BCUT2D eigenvalue weighted by Gasteiger charge is 2.42. The van der Waals surface area contributed by atoms with Crippen LogP contribution in [0.15, 0.2) is 42.5 Å². The molecule has 3 rings (SSSR count). The summed E-state index contributed by atoms with van der Waals surface area (Å²) < 4.78 is 27.7. The minimum atomic E-state index is -0.136. The Kier molecular flexibility index (Phi) is 11.2. The van der Waals surface area contributed by atoms with Gasteiger partial charge in [-0.3, -0.25) is 0 Å². The average Bonchev–Trinajstić information content (AvgIpc) is 2.89. The van der Waals surface area contributed by atoms with Crippen molar-refractivity contribution in [3.8, 4) is 17.2 Å². The Morgan fingerprint density at radius 3 is 2.09 bits per heavy atom. The molecule has 0 radical (unpaired) electrons. The molecule has 1 aliphatic heterocycles. The van der Waals surface area contributed by atoms with Crippen LogP contribution in [0.1, 0.15) is 75.3 Å². The molecule has 0 fully saturated rings. The Morgan fingerprint density at radius 2 is 1.43 bits per heavy atom. The summed E-state index contributed by atoms with van der Waals surface area (Å²) in [6, 6.07) is 14.6. The molecule has 35 heavy (non-hydrogen) atoms. The van der Waals surface area contributed by atoms with E-state index in [1.54, 1.807) is 14.2 Å². The van der Waals surface area contributed by atoms with Gasteiger partial charge in [-0.25, -0.2) is 0 Å². The number of hydrogen-bond acceptors (Lipinski definition) is 6. The van der Waals surface area contributed by atoms with E-state index in [-0.39, 0.29) is 19.0 Å². The Morgan fingerprint density at radius 1 is 0.829 bits per heavy atom. The lowest BCUT2D eigenvalue weighted by Gasteiger charge is -2.43. The van der Waals surface area contributed by atoms with Crippen molar-refractivity contribution >= 4 is 0 Å². The number of unbranched alkanes of at least 4 members (excludes halogenated alkanes) is 6. The van der Waals surface area contributed by atoms with E-state index in [9.17, 15) is 0 Å². The first-order valence-electron chi connectivity index (χ1n) is 12.9. The smallest absolute Gasteiger partial charge is 0.188 e. The molecule has 0 saturated carbocycles. The molecule has 2 N–H and O–H groups in total. The summed E-state index contributed by atoms with van der Waals surface area (Å²) in [7, 11) is 3.25. The maximum Gasteiger partial charge on any atom is 0.188 e. The lowest BCUT2D eigenvalue weighted by molar-refractivity contribution is 0.0505. The van der Waals surface area contributed by atoms with Crippen molar-refractivity contribution in [2.45, 2.75) is 69.6 Å². The number of hydrogen-bond donors (Lipinski definition) is 1. The predicted molar refractivity (Wildman–Crippen MR) is 139 cm³/mol. The predicted octanol–water partition coefficient (Wildman–Crippen LogP) is 6.17. The van der Waals surface area contributed by atoms with Crippen LogP contribution in [0, 0.1) is 0 Å². The van der Waals surface area contributed by atoms with Crippen LogP contribution in [0.2, 0.25) is 0 Å². The van der Waals surface area contributed by atoms with E-state index in [1.165, 1.54) is 49.7 Å². The molecular weight excluding hydrogens is 442 g/mol. The largest absolute Gasteiger partial charge is 0.492 e. The molecule has 194 valence electrons. The zero-order valence-electron chi connectivity index (χ0n) is 21.7. The van der Waals surface area contributed by atoms with Gasteiger partial charge in [0.15, 0.2) is 13.6 Å². The van der Waals surface area contributed by atoms with Crippen LogP contribution in [0.5, 0.6) is 17.2 Å². The average molecular weight is 486 g/mol. The molecule has 1 aliphatic rings. The fraction of sp³-hybridized carbons (Fsp3) is 0.586. The Hall–Kier alpha value is -2.28. The van der Waals surface area contributed by atoms with Crippen molar-refractivity contribution in [1.29, 1.82) is 0 Å². The molecule has 0 bridgehead atoms. The molecule has 0 spiro atoms. The molecule has 2 unspecified atom stereocenters. The van der Waals surface area contributed by atoms with Crippen molar-refractivity contribution in [2.24, 2.45) is 5.73 Å². The lowest BCUT2D eigenvalue weighted by atomic mass is 9.66. The third-order valence-electron chi connectivity index (χ3n) is 7.05. The summed E-state index contributed by atoms with van der Waals surface area (Å²) in [5, 5.41) is 0. The number of fused-ring (bicyclic) bond motifs is 1. The van der Waals surface area contributed by atoms with Gasteiger partial charge in [-0.1, -0.05) is 63.6 Å². The monoisotopic (exact) mass is 485 g/mol. The molecule has 2 aromatic carbocycles. The number of rotatable bonds is 16. The number of ether oxygens (including phenoxy) is 5. The summed E-state index contributed by atoms with van der Waals surface area (Å²) >= 11 is 0. The molecule has 6 heteroatoms. The molecule has 1 heterocycles. The summed E-state index contributed by atoms with van der Waals surface area (Å²) in [5.74, 6) is 2.85. The van der Waals surface area contributed by atoms with E-state index in [0.717, 1.165) is 36.6 Å². The zero-order valence-corrected chi connectivity index (χ0v) is 21.7. The van der Waals surface area contributed by atoms with Gasteiger partial charge < -0.3 is 29.4 Å². The van der Waals surface area contributed by atoms with Gasteiger partial charge in [0.1, 0.15) is 17.2 Å². The highest BCUT2D eigenvalue weighted by Crippen LogP contribution is 2.50. The van der Waals surface area contributed by atoms with E-state index in [2.05, 4.69) is 25.1 Å². The van der Waals surface area contributed by atoms with Gasteiger partial charge >= 0.3 is 0 Å². The fourth-order valence-corrected chi connectivity index (χ4v) is 5.01. The molecular formula is C29H43NO5. The zero-order chi connectivity index (χ0) is 24.9. The second-order valence-electron chi connectivity index (χ2n) is 9.64. The van der Waals surface area contributed by atoms with Gasteiger partial charge in [0, 0.05) is 31.6 Å². The van der Waals surface area contributed by atoms with Crippen molar-refractivity contribution in [3.63, 3.8) is 0 Å². The molecule has 6 nitrogen and oxygen atoms in total. The van der Waals surface area contributed by atoms with Gasteiger partial charge in [-0.2, -0.15) is 0 Å². The molecule has 2 atom stereocenters. The van der Waals surface area contributed by atoms with Crippen LogP contribution in [0.25, 0.3) is 0 Å². The normalized spacial score (nSPS) is 19.1. The van der Waals surface area contributed by atoms with Gasteiger partial charge in [-0.15, -0.1) is 0 Å². The number of methoxy groups -OCH3 is 2. The highest BCUT2D eigenvalue weighted by molar-refractivity contribution is 5.48. The molecule has 0 amide bonds. The van der Waals surface area contributed by atoms with Crippen LogP contribution in [-0.2, 0) is 14.9 Å². The van der Waals surface area contributed by atoms with Crippen molar-refractivity contribution in [3.05, 3.63) is 53.6 Å². The quantitative estimate of drug-likeness (QED) is 0.227. The second kappa shape index (κ2) is 14.3. The second-order valence-corrected chi connectivity index (χ2v) is 9.64. The van der Waals surface area contributed by atoms with E-state index >= 15 is 0 Å². The topological polar surface area (TPSA) is 72.2 Å². The van der Waals surface area contributed by atoms with E-state index < -0.39 is 0 Å². The van der Waals surface area contributed by atoms with Crippen LogP contribution >= 0.6 is 0 Å². The van der Waals surface area contributed by atoms with E-state index in [1.807, 2.05) is 24.3 Å². The standard InChI is InChI=1S/C29H43NO5/c1-29(23-12-14-24(15-13-23)34-21-31-2)20-33-28-19-25(35-22-32-3)16-17-26(28)27(29)11-9-7-5-4-6-8-10-18-30/h12-17,19,27H,4-11,18,20-22,30H2,1-3H3. The molecule has 2 aromatic rings. The molecule has 0 saturated heterocycles. The Balaban J connectivity index is 1.74. The van der Waals surface area contributed by atoms with Gasteiger partial charge in [0.25, 0.3) is 0 Å². The summed E-state index contributed by atoms with van der Waals surface area (Å²) in [6.45, 7) is 4.22. The van der Waals surface area contributed by atoms with E-state index in [4.69, 9.17) is 29.4 Å². The maximum atomic E-state index is 6.34. The number of nitrogens with two attached hydrogens (primary N) is 1. The first-order valence-corrected chi connectivity index (χ1v) is 12.9. The van der Waals surface area contributed by atoms with Crippen LogP contribution in [0.3, 0.4) is 0 Å². The highest BCUT2D eigenvalue weighted by atomic mass is 16.7. The van der Waals surface area contributed by atoms with Gasteiger partial charge in [-0.05, 0) is 48.7 Å². The van der Waals surface area contributed by atoms with Crippen LogP contribution in [0.4, 0.5) is 0 Å². The van der Waals surface area contributed by atoms with E-state index in [0.29, 0.717) is 12.5 Å². The van der Waals surface area contributed by atoms with Crippen LogP contribution < -0.4 is 19.9 Å². The fourth-order valence-electron chi connectivity index (χ4n) is 5.01. The van der Waals surface area contributed by atoms with Gasteiger partial charge in [0.05, 0.1) is 6.61 Å². The molecule has 0 aliphatic carbocycles. The lowest BCUT2D eigenvalue weighted by Crippen LogP contribution is -2.40. The molecule has 0 aromatic heterocycles. The third-order valence-corrected chi connectivity index (χ3v) is 7.05. The first kappa shape index (κ1) is 27.3. The third kappa shape index (κ3) is 7.60.